The molecule has 1 saturated heterocycles. The molecule has 1 N–H and O–H groups in total. The van der Waals surface area contributed by atoms with Gasteiger partial charge in [-0.1, -0.05) is 12.1 Å². The molecule has 1 saturated carbocycles. The van der Waals surface area contributed by atoms with E-state index in [-0.39, 0.29) is 6.03 Å². The first-order valence-electron chi connectivity index (χ1n) is 5.96. The van der Waals surface area contributed by atoms with Gasteiger partial charge in [0.15, 0.2) is 0 Å². The number of amides is 2. The predicted molar refractivity (Wildman–Crippen MR) is 64.9 cm³/mol. The molecule has 4 nitrogen and oxygen atoms in total. The number of carbonyl (C=O) groups is 1. The van der Waals surface area contributed by atoms with Crippen molar-refractivity contribution >= 4 is 11.7 Å². The molecule has 1 aromatic carbocycles. The lowest BCUT2D eigenvalue weighted by Gasteiger charge is -2.18. The summed E-state index contributed by atoms with van der Waals surface area (Å²) < 4.78 is 0. The van der Waals surface area contributed by atoms with E-state index < -0.39 is 5.60 Å². The van der Waals surface area contributed by atoms with E-state index >= 15 is 0 Å². The zero-order valence-corrected chi connectivity index (χ0v) is 9.89. The van der Waals surface area contributed by atoms with Crippen LogP contribution >= 0.6 is 0 Å². The molecule has 90 valence electrons. The maximum absolute atomic E-state index is 11.9. The largest absolute Gasteiger partial charge is 0.385 e. The number of hydrogen-bond acceptors (Lipinski definition) is 2. The molecule has 2 fully saturated rings. The normalized spacial score (nSPS) is 22.1. The molecular weight excluding hydrogens is 216 g/mol. The molecule has 0 atom stereocenters. The summed E-state index contributed by atoms with van der Waals surface area (Å²) in [5.74, 6) is 0. The molecule has 17 heavy (non-hydrogen) atoms. The van der Waals surface area contributed by atoms with Crippen LogP contribution in [0.15, 0.2) is 24.3 Å². The van der Waals surface area contributed by atoms with Gasteiger partial charge in [0.1, 0.15) is 0 Å². The molecule has 1 aromatic rings. The van der Waals surface area contributed by atoms with Gasteiger partial charge in [-0.3, -0.25) is 4.90 Å². The summed E-state index contributed by atoms with van der Waals surface area (Å²) in [5, 5.41) is 10.1. The van der Waals surface area contributed by atoms with Crippen LogP contribution in [0.4, 0.5) is 10.5 Å². The lowest BCUT2D eigenvalue weighted by molar-refractivity contribution is 0.151. The Labute approximate surface area is 100 Å². The number of carbonyl (C=O) groups excluding carboxylic acids is 1. The first-order chi connectivity index (χ1) is 8.10. The standard InChI is InChI=1S/C13H16N2O2/c1-14-7-8-15(12(14)16)11-4-2-3-10(9-11)13(17)5-6-13/h2-4,9,17H,5-8H2,1H3. The van der Waals surface area contributed by atoms with Gasteiger partial charge in [-0.05, 0) is 30.5 Å². The molecule has 1 aliphatic carbocycles. The number of anilines is 1. The van der Waals surface area contributed by atoms with Gasteiger partial charge in [-0.2, -0.15) is 0 Å². The van der Waals surface area contributed by atoms with E-state index in [1.54, 1.807) is 16.8 Å². The van der Waals surface area contributed by atoms with Gasteiger partial charge in [0.25, 0.3) is 0 Å². The van der Waals surface area contributed by atoms with Crippen LogP contribution in [0, 0.1) is 0 Å². The summed E-state index contributed by atoms with van der Waals surface area (Å²) in [4.78, 5) is 15.3. The summed E-state index contributed by atoms with van der Waals surface area (Å²) >= 11 is 0. The fourth-order valence-electron chi connectivity index (χ4n) is 2.26. The van der Waals surface area contributed by atoms with Crippen molar-refractivity contribution in [2.75, 3.05) is 25.0 Å². The van der Waals surface area contributed by atoms with Crippen LogP contribution in [-0.4, -0.2) is 36.2 Å². The van der Waals surface area contributed by atoms with E-state index in [0.29, 0.717) is 0 Å². The molecule has 0 unspecified atom stereocenters. The second-order valence-corrected chi connectivity index (χ2v) is 4.94. The first-order valence-corrected chi connectivity index (χ1v) is 5.96. The molecule has 1 aliphatic heterocycles. The summed E-state index contributed by atoms with van der Waals surface area (Å²) in [5.41, 5.74) is 1.18. The fourth-order valence-corrected chi connectivity index (χ4v) is 2.26. The van der Waals surface area contributed by atoms with Crippen LogP contribution in [0.3, 0.4) is 0 Å². The van der Waals surface area contributed by atoms with E-state index in [4.69, 9.17) is 0 Å². The number of aliphatic hydroxyl groups is 1. The highest BCUT2D eigenvalue weighted by atomic mass is 16.3. The monoisotopic (exact) mass is 232 g/mol. The van der Waals surface area contributed by atoms with Gasteiger partial charge < -0.3 is 10.0 Å². The lowest BCUT2D eigenvalue weighted by Crippen LogP contribution is -2.29. The Balaban J connectivity index is 1.91. The average Bonchev–Trinajstić information content (AvgIpc) is 3.00. The van der Waals surface area contributed by atoms with Gasteiger partial charge in [0.05, 0.1) is 5.60 Å². The van der Waals surface area contributed by atoms with Gasteiger partial charge >= 0.3 is 6.03 Å². The van der Waals surface area contributed by atoms with Crippen LogP contribution in [0.25, 0.3) is 0 Å². The number of hydrogen-bond donors (Lipinski definition) is 1. The van der Waals surface area contributed by atoms with Crippen molar-refractivity contribution in [1.29, 1.82) is 0 Å². The molecule has 0 radical (unpaired) electrons. The van der Waals surface area contributed by atoms with Gasteiger partial charge in [0.2, 0.25) is 0 Å². The number of rotatable bonds is 2. The van der Waals surface area contributed by atoms with E-state index in [2.05, 4.69) is 0 Å². The molecule has 4 heteroatoms. The maximum Gasteiger partial charge on any atom is 0.324 e. The third-order valence-electron chi connectivity index (χ3n) is 3.64. The van der Waals surface area contributed by atoms with Crippen LogP contribution in [0.1, 0.15) is 18.4 Å². The van der Waals surface area contributed by atoms with Crippen molar-refractivity contribution in [1.82, 2.24) is 4.90 Å². The van der Waals surface area contributed by atoms with E-state index in [9.17, 15) is 9.90 Å². The second-order valence-electron chi connectivity index (χ2n) is 4.94. The average molecular weight is 232 g/mol. The number of benzene rings is 1. The van der Waals surface area contributed by atoms with Crippen molar-refractivity contribution in [3.05, 3.63) is 29.8 Å². The van der Waals surface area contributed by atoms with E-state index in [0.717, 1.165) is 37.2 Å². The molecule has 0 bridgehead atoms. The quantitative estimate of drug-likeness (QED) is 0.840. The Hall–Kier alpha value is -1.55. The van der Waals surface area contributed by atoms with Crippen molar-refractivity contribution < 1.29 is 9.90 Å². The highest BCUT2D eigenvalue weighted by molar-refractivity contribution is 5.94. The van der Waals surface area contributed by atoms with Crippen molar-refractivity contribution in [3.8, 4) is 0 Å². The smallest absolute Gasteiger partial charge is 0.324 e. The van der Waals surface area contributed by atoms with Gasteiger partial charge in [-0.15, -0.1) is 0 Å². The maximum atomic E-state index is 11.9. The Morgan fingerprint density at radius 1 is 1.29 bits per heavy atom. The number of urea groups is 1. The fraction of sp³-hybridized carbons (Fsp3) is 0.462. The van der Waals surface area contributed by atoms with Crippen LogP contribution in [0.2, 0.25) is 0 Å². The van der Waals surface area contributed by atoms with Crippen molar-refractivity contribution in [2.45, 2.75) is 18.4 Å². The topological polar surface area (TPSA) is 43.8 Å². The minimum atomic E-state index is -0.634. The predicted octanol–water partition coefficient (Wildman–Crippen LogP) is 1.54. The lowest BCUT2D eigenvalue weighted by atomic mass is 10.1. The minimum absolute atomic E-state index is 0.0323. The molecule has 2 aliphatic rings. The zero-order valence-electron chi connectivity index (χ0n) is 9.89. The second kappa shape index (κ2) is 3.47. The molecular formula is C13H16N2O2. The SMILES string of the molecule is CN1CCN(c2cccc(C3(O)CC3)c2)C1=O. The van der Waals surface area contributed by atoms with E-state index in [1.165, 1.54) is 0 Å². The van der Waals surface area contributed by atoms with Crippen LogP contribution < -0.4 is 4.90 Å². The number of likely N-dealkylation sites (N-methyl/N-ethyl adjacent to an activating group) is 1. The molecule has 2 amide bonds. The highest BCUT2D eigenvalue weighted by Gasteiger charge is 2.42. The Bertz CT molecular complexity index is 468. The summed E-state index contributed by atoms with van der Waals surface area (Å²) in [6, 6.07) is 7.73. The van der Waals surface area contributed by atoms with Gasteiger partial charge in [0, 0.05) is 25.8 Å². The summed E-state index contributed by atoms with van der Waals surface area (Å²) in [6.45, 7) is 1.48. The third-order valence-corrected chi connectivity index (χ3v) is 3.64. The third kappa shape index (κ3) is 1.69. The first kappa shape index (κ1) is 10.6. The van der Waals surface area contributed by atoms with Crippen molar-refractivity contribution in [3.63, 3.8) is 0 Å². The molecule has 1 heterocycles. The van der Waals surface area contributed by atoms with E-state index in [1.807, 2.05) is 24.3 Å². The highest BCUT2D eigenvalue weighted by Crippen LogP contribution is 2.46. The van der Waals surface area contributed by atoms with Crippen LogP contribution in [-0.2, 0) is 5.60 Å². The zero-order chi connectivity index (χ0) is 12.0. The molecule has 0 aromatic heterocycles. The summed E-state index contributed by atoms with van der Waals surface area (Å²) in [7, 11) is 1.81. The van der Waals surface area contributed by atoms with Crippen molar-refractivity contribution in [2.24, 2.45) is 0 Å². The summed E-state index contributed by atoms with van der Waals surface area (Å²) in [6.07, 6.45) is 1.65. The Kier molecular flexibility index (Phi) is 2.16. The van der Waals surface area contributed by atoms with Crippen LogP contribution in [0.5, 0.6) is 0 Å². The minimum Gasteiger partial charge on any atom is -0.385 e. The van der Waals surface area contributed by atoms with Gasteiger partial charge in [-0.25, -0.2) is 4.79 Å². The molecule has 3 rings (SSSR count). The Morgan fingerprint density at radius 2 is 2.06 bits per heavy atom. The number of nitrogens with zero attached hydrogens (tertiary/aromatic N) is 2. The Morgan fingerprint density at radius 3 is 2.65 bits per heavy atom. The molecule has 0 spiro atoms.